The molecule has 0 saturated carbocycles. The summed E-state index contributed by atoms with van der Waals surface area (Å²) < 4.78 is 5.11. The molecule has 144 valence electrons. The summed E-state index contributed by atoms with van der Waals surface area (Å²) in [6.07, 6.45) is 0.700. The number of amides is 3. The normalized spacial score (nSPS) is 10.2. The maximum Gasteiger partial charge on any atom is 0.315 e. The van der Waals surface area contributed by atoms with Crippen molar-refractivity contribution in [3.63, 3.8) is 0 Å². The smallest absolute Gasteiger partial charge is 0.315 e. The minimum atomic E-state index is -0.365. The Morgan fingerprint density at radius 2 is 1.59 bits per heavy atom. The van der Waals surface area contributed by atoms with Crippen molar-refractivity contribution in [3.8, 4) is 5.75 Å². The van der Waals surface area contributed by atoms with E-state index in [9.17, 15) is 9.59 Å². The van der Waals surface area contributed by atoms with E-state index in [0.717, 1.165) is 33.7 Å². The number of carbonyl (C=O) groups is 2. The fourth-order valence-corrected chi connectivity index (χ4v) is 2.90. The highest BCUT2D eigenvalue weighted by atomic mass is 16.5. The molecule has 0 aliphatic rings. The van der Waals surface area contributed by atoms with Gasteiger partial charge in [-0.05, 0) is 56.0 Å². The molecule has 3 N–H and O–H groups in total. The van der Waals surface area contributed by atoms with E-state index in [0.29, 0.717) is 13.0 Å². The molecular formula is C21H27N3O3. The fraction of sp³-hybridized carbons (Fsp3) is 0.333. The van der Waals surface area contributed by atoms with Gasteiger partial charge in [0.2, 0.25) is 5.91 Å². The van der Waals surface area contributed by atoms with Crippen LogP contribution in [0.4, 0.5) is 10.5 Å². The number of methoxy groups -OCH3 is 1. The predicted octanol–water partition coefficient (Wildman–Crippen LogP) is 3.10. The third-order valence-electron chi connectivity index (χ3n) is 4.21. The zero-order valence-electron chi connectivity index (χ0n) is 16.3. The molecular weight excluding hydrogens is 342 g/mol. The predicted molar refractivity (Wildman–Crippen MR) is 107 cm³/mol. The Hall–Kier alpha value is -3.02. The Morgan fingerprint density at radius 1 is 0.963 bits per heavy atom. The highest BCUT2D eigenvalue weighted by Crippen LogP contribution is 2.21. The van der Waals surface area contributed by atoms with Crippen LogP contribution in [0.15, 0.2) is 36.4 Å². The number of benzene rings is 2. The summed E-state index contributed by atoms with van der Waals surface area (Å²) in [5.74, 6) is 0.546. The number of hydrogen-bond donors (Lipinski definition) is 3. The third kappa shape index (κ3) is 6.33. The van der Waals surface area contributed by atoms with Crippen molar-refractivity contribution in [1.82, 2.24) is 10.6 Å². The van der Waals surface area contributed by atoms with Crippen molar-refractivity contribution in [2.75, 3.05) is 25.5 Å². The van der Waals surface area contributed by atoms with Crippen LogP contribution in [0.2, 0.25) is 0 Å². The van der Waals surface area contributed by atoms with Crippen LogP contribution in [0.25, 0.3) is 0 Å². The molecule has 0 aliphatic heterocycles. The van der Waals surface area contributed by atoms with Gasteiger partial charge >= 0.3 is 6.03 Å². The topological polar surface area (TPSA) is 79.5 Å². The van der Waals surface area contributed by atoms with Gasteiger partial charge < -0.3 is 20.7 Å². The summed E-state index contributed by atoms with van der Waals surface area (Å²) >= 11 is 0. The number of ether oxygens (including phenoxy) is 1. The first kappa shape index (κ1) is 20.3. The lowest BCUT2D eigenvalue weighted by molar-refractivity contribution is -0.115. The van der Waals surface area contributed by atoms with Crippen LogP contribution < -0.4 is 20.7 Å². The van der Waals surface area contributed by atoms with Crippen molar-refractivity contribution in [2.24, 2.45) is 0 Å². The van der Waals surface area contributed by atoms with E-state index in [2.05, 4.69) is 16.0 Å². The summed E-state index contributed by atoms with van der Waals surface area (Å²) in [5.41, 5.74) is 5.05. The number of hydrogen-bond acceptors (Lipinski definition) is 3. The van der Waals surface area contributed by atoms with Gasteiger partial charge in [-0.2, -0.15) is 0 Å². The van der Waals surface area contributed by atoms with Gasteiger partial charge in [0, 0.05) is 12.2 Å². The van der Waals surface area contributed by atoms with E-state index >= 15 is 0 Å². The van der Waals surface area contributed by atoms with Crippen molar-refractivity contribution in [3.05, 3.63) is 58.7 Å². The molecule has 0 aliphatic carbocycles. The van der Waals surface area contributed by atoms with E-state index in [4.69, 9.17) is 4.74 Å². The summed E-state index contributed by atoms with van der Waals surface area (Å²) in [4.78, 5) is 23.9. The Bertz CT molecular complexity index is 778. The molecule has 2 aromatic carbocycles. The minimum Gasteiger partial charge on any atom is -0.497 e. The zero-order valence-corrected chi connectivity index (χ0v) is 16.3. The van der Waals surface area contributed by atoms with E-state index < -0.39 is 0 Å². The highest BCUT2D eigenvalue weighted by molar-refractivity contribution is 5.95. The first-order chi connectivity index (χ1) is 12.9. The van der Waals surface area contributed by atoms with Gasteiger partial charge in [-0.25, -0.2) is 4.79 Å². The molecule has 27 heavy (non-hydrogen) atoms. The standard InChI is InChI=1S/C21H27N3O3/c1-14-11-15(2)20(16(3)12-14)24-19(25)13-23-21(26)22-10-9-17-5-7-18(27-4)8-6-17/h5-8,11-12H,9-10,13H2,1-4H3,(H,24,25)(H2,22,23,26). The van der Waals surface area contributed by atoms with E-state index in [-0.39, 0.29) is 18.5 Å². The summed E-state index contributed by atoms with van der Waals surface area (Å²) in [6, 6.07) is 11.3. The second-order valence-electron chi connectivity index (χ2n) is 6.53. The average molecular weight is 369 g/mol. The van der Waals surface area contributed by atoms with Gasteiger partial charge in [-0.1, -0.05) is 29.8 Å². The molecule has 0 atom stereocenters. The summed E-state index contributed by atoms with van der Waals surface area (Å²) in [7, 11) is 1.62. The molecule has 0 heterocycles. The minimum absolute atomic E-state index is 0.0822. The Morgan fingerprint density at radius 3 is 2.19 bits per heavy atom. The molecule has 6 heteroatoms. The Kier molecular flexibility index (Phi) is 7.23. The van der Waals surface area contributed by atoms with E-state index in [1.807, 2.05) is 57.2 Å². The van der Waals surface area contributed by atoms with Crippen molar-refractivity contribution >= 4 is 17.6 Å². The fourth-order valence-electron chi connectivity index (χ4n) is 2.90. The lowest BCUT2D eigenvalue weighted by atomic mass is 10.1. The van der Waals surface area contributed by atoms with Crippen molar-refractivity contribution < 1.29 is 14.3 Å². The molecule has 0 radical (unpaired) electrons. The van der Waals surface area contributed by atoms with E-state index in [1.54, 1.807) is 7.11 Å². The second kappa shape index (κ2) is 9.62. The van der Waals surface area contributed by atoms with Gasteiger partial charge in [0.1, 0.15) is 5.75 Å². The molecule has 0 fully saturated rings. The van der Waals surface area contributed by atoms with Gasteiger partial charge in [-0.15, -0.1) is 0 Å². The largest absolute Gasteiger partial charge is 0.497 e. The maximum absolute atomic E-state index is 12.1. The van der Waals surface area contributed by atoms with Gasteiger partial charge in [0.05, 0.1) is 13.7 Å². The first-order valence-electron chi connectivity index (χ1n) is 8.91. The first-order valence-corrected chi connectivity index (χ1v) is 8.91. The van der Waals surface area contributed by atoms with Crippen LogP contribution in [-0.2, 0) is 11.2 Å². The van der Waals surface area contributed by atoms with Gasteiger partial charge in [-0.3, -0.25) is 4.79 Å². The van der Waals surface area contributed by atoms with Crippen LogP contribution in [0, 0.1) is 20.8 Å². The van der Waals surface area contributed by atoms with Crippen LogP contribution in [0.3, 0.4) is 0 Å². The number of rotatable bonds is 7. The molecule has 0 unspecified atom stereocenters. The Balaban J connectivity index is 1.72. The van der Waals surface area contributed by atoms with Crippen LogP contribution in [0.5, 0.6) is 5.75 Å². The monoisotopic (exact) mass is 369 g/mol. The number of urea groups is 1. The van der Waals surface area contributed by atoms with Gasteiger partial charge in [0.15, 0.2) is 0 Å². The van der Waals surface area contributed by atoms with Crippen LogP contribution in [0.1, 0.15) is 22.3 Å². The molecule has 0 spiro atoms. The van der Waals surface area contributed by atoms with Crippen LogP contribution in [-0.4, -0.2) is 32.1 Å². The summed E-state index contributed by atoms with van der Waals surface area (Å²) in [5, 5.41) is 8.18. The molecule has 0 aromatic heterocycles. The molecule has 2 rings (SSSR count). The maximum atomic E-state index is 12.1. The second-order valence-corrected chi connectivity index (χ2v) is 6.53. The number of anilines is 1. The Labute approximate surface area is 160 Å². The van der Waals surface area contributed by atoms with Gasteiger partial charge in [0.25, 0.3) is 0 Å². The zero-order chi connectivity index (χ0) is 19.8. The number of nitrogens with one attached hydrogen (secondary N) is 3. The number of aryl methyl sites for hydroxylation is 3. The van der Waals surface area contributed by atoms with Crippen molar-refractivity contribution in [1.29, 1.82) is 0 Å². The third-order valence-corrected chi connectivity index (χ3v) is 4.21. The summed E-state index contributed by atoms with van der Waals surface area (Å²) in [6.45, 7) is 6.32. The molecule has 0 saturated heterocycles. The quantitative estimate of drug-likeness (QED) is 0.702. The SMILES string of the molecule is COc1ccc(CCNC(=O)NCC(=O)Nc2c(C)cc(C)cc2C)cc1. The average Bonchev–Trinajstić information content (AvgIpc) is 2.63. The highest BCUT2D eigenvalue weighted by Gasteiger charge is 2.09. The molecule has 2 aromatic rings. The number of carbonyl (C=O) groups excluding carboxylic acids is 2. The molecule has 6 nitrogen and oxygen atoms in total. The van der Waals surface area contributed by atoms with E-state index in [1.165, 1.54) is 0 Å². The lowest BCUT2D eigenvalue weighted by Crippen LogP contribution is -2.40. The molecule has 3 amide bonds. The molecule has 0 bridgehead atoms. The van der Waals surface area contributed by atoms with Crippen molar-refractivity contribution in [2.45, 2.75) is 27.2 Å². The van der Waals surface area contributed by atoms with Crippen LogP contribution >= 0.6 is 0 Å². The lowest BCUT2D eigenvalue weighted by Gasteiger charge is -2.13.